The third-order valence-electron chi connectivity index (χ3n) is 3.72. The van der Waals surface area contributed by atoms with Gasteiger partial charge in [-0.3, -0.25) is 0 Å². The monoisotopic (exact) mass is 317 g/mol. The van der Waals surface area contributed by atoms with Crippen LogP contribution in [0.3, 0.4) is 0 Å². The highest BCUT2D eigenvalue weighted by molar-refractivity contribution is 9.10. The van der Waals surface area contributed by atoms with Crippen LogP contribution in [0, 0.1) is 17.6 Å². The maximum atomic E-state index is 13.7. The van der Waals surface area contributed by atoms with Crippen molar-refractivity contribution < 1.29 is 8.78 Å². The van der Waals surface area contributed by atoms with Gasteiger partial charge in [-0.05, 0) is 40.8 Å². The molecule has 4 heteroatoms. The molecule has 1 aromatic rings. The lowest BCUT2D eigenvalue weighted by Gasteiger charge is -2.30. The predicted molar refractivity (Wildman–Crippen MR) is 73.7 cm³/mol. The molecule has 0 aliphatic heterocycles. The Morgan fingerprint density at radius 2 is 2.11 bits per heavy atom. The van der Waals surface area contributed by atoms with Crippen LogP contribution in [0.5, 0.6) is 0 Å². The van der Waals surface area contributed by atoms with Crippen LogP contribution in [-0.4, -0.2) is 6.04 Å². The minimum atomic E-state index is -0.556. The molecule has 1 aromatic carbocycles. The zero-order valence-electron chi connectivity index (χ0n) is 10.5. The number of anilines is 1. The standard InChI is InChI=1S/C14H18BrF2N/c1-2-9-4-3-5-11(6-9)18-14-12(15)7-10(16)8-13(14)17/h7-9,11,18H,2-6H2,1H3. The Bertz CT molecular complexity index is 399. The van der Waals surface area contributed by atoms with Crippen LogP contribution in [0.4, 0.5) is 14.5 Å². The van der Waals surface area contributed by atoms with E-state index in [2.05, 4.69) is 28.2 Å². The second-order valence-corrected chi connectivity index (χ2v) is 5.88. The van der Waals surface area contributed by atoms with E-state index in [0.29, 0.717) is 16.2 Å². The molecule has 2 atom stereocenters. The molecule has 1 N–H and O–H groups in total. The Balaban J connectivity index is 2.09. The Hall–Kier alpha value is -0.640. The van der Waals surface area contributed by atoms with Gasteiger partial charge < -0.3 is 5.32 Å². The molecular formula is C14H18BrF2N. The predicted octanol–water partition coefficient (Wildman–Crippen LogP) is 5.11. The van der Waals surface area contributed by atoms with Gasteiger partial charge in [-0.1, -0.05) is 26.2 Å². The van der Waals surface area contributed by atoms with Crippen LogP contribution in [0.15, 0.2) is 16.6 Å². The SMILES string of the molecule is CCC1CCCC(Nc2c(F)cc(F)cc2Br)C1. The van der Waals surface area contributed by atoms with Crippen molar-refractivity contribution in [3.63, 3.8) is 0 Å². The third kappa shape index (κ3) is 3.22. The van der Waals surface area contributed by atoms with E-state index >= 15 is 0 Å². The zero-order valence-corrected chi connectivity index (χ0v) is 12.1. The van der Waals surface area contributed by atoms with Crippen molar-refractivity contribution in [1.82, 2.24) is 0 Å². The first-order valence-corrected chi connectivity index (χ1v) is 7.30. The second-order valence-electron chi connectivity index (χ2n) is 5.03. The molecule has 0 spiro atoms. The van der Waals surface area contributed by atoms with E-state index in [-0.39, 0.29) is 0 Å². The summed E-state index contributed by atoms with van der Waals surface area (Å²) in [6.07, 6.45) is 5.74. The molecule has 1 nitrogen and oxygen atoms in total. The molecule has 0 heterocycles. The number of halogens is 3. The van der Waals surface area contributed by atoms with Gasteiger partial charge in [-0.15, -0.1) is 0 Å². The van der Waals surface area contributed by atoms with Gasteiger partial charge >= 0.3 is 0 Å². The Morgan fingerprint density at radius 1 is 1.33 bits per heavy atom. The van der Waals surface area contributed by atoms with Crippen molar-refractivity contribution in [2.75, 3.05) is 5.32 Å². The second kappa shape index (κ2) is 6.00. The van der Waals surface area contributed by atoms with E-state index in [1.54, 1.807) is 0 Å². The summed E-state index contributed by atoms with van der Waals surface area (Å²) in [6, 6.07) is 2.51. The summed E-state index contributed by atoms with van der Waals surface area (Å²) in [6.45, 7) is 2.20. The summed E-state index contributed by atoms with van der Waals surface area (Å²) < 4.78 is 27.2. The molecule has 1 fully saturated rings. The van der Waals surface area contributed by atoms with Crippen LogP contribution < -0.4 is 5.32 Å². The molecule has 2 unspecified atom stereocenters. The van der Waals surface area contributed by atoms with Crippen molar-refractivity contribution in [3.8, 4) is 0 Å². The van der Waals surface area contributed by atoms with Gasteiger partial charge in [0.1, 0.15) is 11.6 Å². The van der Waals surface area contributed by atoms with Crippen molar-refractivity contribution in [1.29, 1.82) is 0 Å². The van der Waals surface area contributed by atoms with E-state index < -0.39 is 11.6 Å². The van der Waals surface area contributed by atoms with E-state index in [4.69, 9.17) is 0 Å². The molecule has 2 rings (SSSR count). The van der Waals surface area contributed by atoms with Gasteiger partial charge in [-0.25, -0.2) is 8.78 Å². The lowest BCUT2D eigenvalue weighted by molar-refractivity contribution is 0.326. The molecule has 100 valence electrons. The number of benzene rings is 1. The zero-order chi connectivity index (χ0) is 13.1. The van der Waals surface area contributed by atoms with E-state index in [0.717, 1.165) is 24.8 Å². The van der Waals surface area contributed by atoms with Gasteiger partial charge in [0.25, 0.3) is 0 Å². The molecule has 1 aliphatic carbocycles. The average Bonchev–Trinajstić information content (AvgIpc) is 2.34. The van der Waals surface area contributed by atoms with Crippen LogP contribution in [0.2, 0.25) is 0 Å². The number of hydrogen-bond acceptors (Lipinski definition) is 1. The summed E-state index contributed by atoms with van der Waals surface area (Å²) in [7, 11) is 0. The van der Waals surface area contributed by atoms with Crippen LogP contribution in [0.25, 0.3) is 0 Å². The molecule has 0 amide bonds. The lowest BCUT2D eigenvalue weighted by atomic mass is 9.84. The summed E-state index contributed by atoms with van der Waals surface area (Å²) in [5, 5.41) is 3.22. The smallest absolute Gasteiger partial charge is 0.150 e. The molecule has 0 radical (unpaired) electrons. The summed E-state index contributed by atoms with van der Waals surface area (Å²) >= 11 is 3.21. The first kappa shape index (κ1) is 13.8. The van der Waals surface area contributed by atoms with E-state index in [9.17, 15) is 8.78 Å². The third-order valence-corrected chi connectivity index (χ3v) is 4.34. The Labute approximate surface area is 115 Å². The molecule has 0 saturated heterocycles. The minimum absolute atomic E-state index is 0.292. The highest BCUT2D eigenvalue weighted by Crippen LogP contribution is 2.32. The van der Waals surface area contributed by atoms with Crippen molar-refractivity contribution in [2.24, 2.45) is 5.92 Å². The van der Waals surface area contributed by atoms with Crippen molar-refractivity contribution in [2.45, 2.75) is 45.1 Å². The van der Waals surface area contributed by atoms with Crippen LogP contribution in [-0.2, 0) is 0 Å². The van der Waals surface area contributed by atoms with Crippen LogP contribution >= 0.6 is 15.9 Å². The van der Waals surface area contributed by atoms with Crippen molar-refractivity contribution >= 4 is 21.6 Å². The fourth-order valence-corrected chi connectivity index (χ4v) is 3.20. The topological polar surface area (TPSA) is 12.0 Å². The van der Waals surface area contributed by atoms with Gasteiger partial charge in [-0.2, -0.15) is 0 Å². The van der Waals surface area contributed by atoms with Gasteiger partial charge in [0, 0.05) is 16.6 Å². The average molecular weight is 318 g/mol. The number of rotatable bonds is 3. The highest BCUT2D eigenvalue weighted by Gasteiger charge is 2.22. The minimum Gasteiger partial charge on any atom is -0.379 e. The van der Waals surface area contributed by atoms with Crippen LogP contribution in [0.1, 0.15) is 39.0 Å². The van der Waals surface area contributed by atoms with Gasteiger partial charge in [0.15, 0.2) is 0 Å². The molecular weight excluding hydrogens is 300 g/mol. The lowest BCUT2D eigenvalue weighted by Crippen LogP contribution is -2.27. The van der Waals surface area contributed by atoms with Gasteiger partial charge in [0.05, 0.1) is 5.69 Å². The summed E-state index contributed by atoms with van der Waals surface area (Å²) in [5.74, 6) is -0.362. The fraction of sp³-hybridized carbons (Fsp3) is 0.571. The van der Waals surface area contributed by atoms with E-state index in [1.165, 1.54) is 25.3 Å². The number of hydrogen-bond donors (Lipinski definition) is 1. The van der Waals surface area contributed by atoms with E-state index in [1.807, 2.05) is 0 Å². The fourth-order valence-electron chi connectivity index (χ4n) is 2.68. The normalized spacial score (nSPS) is 24.0. The van der Waals surface area contributed by atoms with Gasteiger partial charge in [0.2, 0.25) is 0 Å². The molecule has 1 saturated carbocycles. The highest BCUT2D eigenvalue weighted by atomic mass is 79.9. The molecule has 0 aromatic heterocycles. The first-order chi connectivity index (χ1) is 8.60. The maximum Gasteiger partial charge on any atom is 0.150 e. The molecule has 0 bridgehead atoms. The summed E-state index contributed by atoms with van der Waals surface area (Å²) in [4.78, 5) is 0. The largest absolute Gasteiger partial charge is 0.379 e. The Morgan fingerprint density at radius 3 is 2.78 bits per heavy atom. The Kier molecular flexibility index (Phi) is 4.60. The number of nitrogens with one attached hydrogen (secondary N) is 1. The van der Waals surface area contributed by atoms with Crippen molar-refractivity contribution in [3.05, 3.63) is 28.2 Å². The quantitative estimate of drug-likeness (QED) is 0.817. The first-order valence-electron chi connectivity index (χ1n) is 6.51. The summed E-state index contributed by atoms with van der Waals surface area (Å²) in [5.41, 5.74) is 0.387. The maximum absolute atomic E-state index is 13.7. The molecule has 1 aliphatic rings. The molecule has 18 heavy (non-hydrogen) atoms.